The van der Waals surface area contributed by atoms with Crippen LogP contribution in [0.2, 0.25) is 0 Å². The summed E-state index contributed by atoms with van der Waals surface area (Å²) in [4.78, 5) is 11.0. The summed E-state index contributed by atoms with van der Waals surface area (Å²) in [6.45, 7) is 0. The van der Waals surface area contributed by atoms with Gasteiger partial charge in [-0.25, -0.2) is 0 Å². The lowest BCUT2D eigenvalue weighted by molar-refractivity contribution is -0.140. The Bertz CT molecular complexity index is 178. The topological polar surface area (TPSA) is 37.3 Å². The molecule has 2 nitrogen and oxygen atoms in total. The maximum atomic E-state index is 11.0. The molecule has 0 radical (unpaired) electrons. The first-order valence-corrected chi connectivity index (χ1v) is 6.01. The largest absolute Gasteiger partial charge is 0.480 e. The van der Waals surface area contributed by atoms with Crippen LogP contribution in [0.4, 0.5) is 0 Å². The first kappa shape index (κ1) is 10.5. The summed E-state index contributed by atoms with van der Waals surface area (Å²) in [5, 5.41) is 9.50. The van der Waals surface area contributed by atoms with Gasteiger partial charge in [0, 0.05) is 5.33 Å². The molecular weight excluding hydrogens is 288 g/mol. The fraction of sp³-hybridized carbons (Fsp3) is 0.875. The van der Waals surface area contributed by atoms with Gasteiger partial charge in [0.05, 0.1) is 0 Å². The van der Waals surface area contributed by atoms with Crippen LogP contribution >= 0.6 is 31.9 Å². The minimum atomic E-state index is -0.744. The molecule has 1 aliphatic carbocycles. The van der Waals surface area contributed by atoms with E-state index in [0.717, 1.165) is 25.7 Å². The van der Waals surface area contributed by atoms with Crippen molar-refractivity contribution in [2.24, 2.45) is 5.92 Å². The number of rotatable bonds is 3. The Morgan fingerprint density at radius 1 is 1.50 bits per heavy atom. The van der Waals surface area contributed by atoms with E-state index in [0.29, 0.717) is 5.33 Å². The van der Waals surface area contributed by atoms with Crippen LogP contribution < -0.4 is 0 Å². The zero-order valence-electron chi connectivity index (χ0n) is 6.72. The van der Waals surface area contributed by atoms with Crippen LogP contribution in [0.25, 0.3) is 0 Å². The van der Waals surface area contributed by atoms with Crippen LogP contribution in [0.3, 0.4) is 0 Å². The Labute approximate surface area is 89.0 Å². The summed E-state index contributed by atoms with van der Waals surface area (Å²) in [6, 6.07) is 0. The highest BCUT2D eigenvalue weighted by Crippen LogP contribution is 2.41. The predicted molar refractivity (Wildman–Crippen MR) is 55.0 cm³/mol. The quantitative estimate of drug-likeness (QED) is 0.814. The Balaban J connectivity index is 2.70. The Kier molecular flexibility index (Phi) is 3.58. The molecule has 0 heterocycles. The molecule has 0 amide bonds. The maximum absolute atomic E-state index is 11.0. The molecule has 0 aliphatic heterocycles. The molecule has 1 aliphatic rings. The highest BCUT2D eigenvalue weighted by Gasteiger charge is 2.43. The van der Waals surface area contributed by atoms with Crippen LogP contribution in [-0.4, -0.2) is 20.7 Å². The monoisotopic (exact) mass is 298 g/mol. The lowest BCUT2D eigenvalue weighted by Crippen LogP contribution is -2.40. The van der Waals surface area contributed by atoms with Crippen molar-refractivity contribution < 1.29 is 9.90 Å². The standard InChI is InChI=1S/C8H12Br2O2/c9-5-8(10,7(11)12)6-3-1-2-4-6/h6H,1-5H2,(H,11,12). The molecule has 1 saturated carbocycles. The van der Waals surface area contributed by atoms with Gasteiger partial charge in [0.1, 0.15) is 4.32 Å². The molecule has 1 unspecified atom stereocenters. The molecule has 1 rings (SSSR count). The summed E-state index contributed by atoms with van der Waals surface area (Å²) in [7, 11) is 0. The van der Waals surface area contributed by atoms with Gasteiger partial charge >= 0.3 is 5.97 Å². The van der Waals surface area contributed by atoms with Crippen molar-refractivity contribution in [3.8, 4) is 0 Å². The molecule has 0 aromatic rings. The lowest BCUT2D eigenvalue weighted by Gasteiger charge is -2.26. The van der Waals surface area contributed by atoms with E-state index in [1.807, 2.05) is 0 Å². The van der Waals surface area contributed by atoms with Gasteiger partial charge < -0.3 is 5.11 Å². The molecule has 1 fully saturated rings. The summed E-state index contributed by atoms with van der Waals surface area (Å²) in [5.74, 6) is -0.458. The second-order valence-electron chi connectivity index (χ2n) is 3.28. The summed E-state index contributed by atoms with van der Waals surface area (Å²) < 4.78 is -0.733. The minimum absolute atomic E-state index is 0.286. The normalized spacial score (nSPS) is 23.8. The number of carboxylic acids is 1. The summed E-state index contributed by atoms with van der Waals surface area (Å²) >= 11 is 6.58. The molecule has 0 saturated heterocycles. The first-order valence-electron chi connectivity index (χ1n) is 4.09. The van der Waals surface area contributed by atoms with Gasteiger partial charge in [-0.1, -0.05) is 44.7 Å². The first-order chi connectivity index (χ1) is 5.61. The van der Waals surface area contributed by atoms with Crippen molar-refractivity contribution in [2.45, 2.75) is 30.0 Å². The summed E-state index contributed by atoms with van der Waals surface area (Å²) in [5.41, 5.74) is 0. The number of carbonyl (C=O) groups is 1. The smallest absolute Gasteiger partial charge is 0.321 e. The molecular formula is C8H12Br2O2. The predicted octanol–water partition coefficient (Wildman–Crippen LogP) is 2.79. The van der Waals surface area contributed by atoms with E-state index in [1.165, 1.54) is 0 Å². The highest BCUT2D eigenvalue weighted by atomic mass is 79.9. The number of hydrogen-bond donors (Lipinski definition) is 1. The number of hydrogen-bond acceptors (Lipinski definition) is 1. The van der Waals surface area contributed by atoms with Crippen LogP contribution in [-0.2, 0) is 4.79 Å². The molecule has 1 atom stereocenters. The van der Waals surface area contributed by atoms with Crippen molar-refractivity contribution in [1.82, 2.24) is 0 Å². The Hall–Kier alpha value is 0.430. The van der Waals surface area contributed by atoms with Gasteiger partial charge in [-0.2, -0.15) is 0 Å². The lowest BCUT2D eigenvalue weighted by atomic mass is 9.92. The molecule has 0 spiro atoms. The van der Waals surface area contributed by atoms with Gasteiger partial charge in [-0.3, -0.25) is 4.79 Å². The van der Waals surface area contributed by atoms with Gasteiger partial charge in [0.25, 0.3) is 0 Å². The number of aliphatic carboxylic acids is 1. The number of carboxylic acid groups (broad SMARTS) is 1. The van der Waals surface area contributed by atoms with E-state index < -0.39 is 10.3 Å². The highest BCUT2D eigenvalue weighted by molar-refractivity contribution is 9.12. The molecule has 1 N–H and O–H groups in total. The van der Waals surface area contributed by atoms with E-state index in [2.05, 4.69) is 31.9 Å². The number of alkyl halides is 2. The van der Waals surface area contributed by atoms with E-state index >= 15 is 0 Å². The van der Waals surface area contributed by atoms with Gasteiger partial charge in [0.2, 0.25) is 0 Å². The van der Waals surface area contributed by atoms with Gasteiger partial charge in [-0.05, 0) is 18.8 Å². The van der Waals surface area contributed by atoms with E-state index in [9.17, 15) is 4.79 Å². The SMILES string of the molecule is O=C(O)C(Br)(CBr)C1CCCC1. The molecule has 0 bridgehead atoms. The molecule has 0 aromatic carbocycles. The maximum Gasteiger partial charge on any atom is 0.321 e. The van der Waals surface area contributed by atoms with Crippen LogP contribution in [0.5, 0.6) is 0 Å². The molecule has 70 valence electrons. The minimum Gasteiger partial charge on any atom is -0.480 e. The van der Waals surface area contributed by atoms with Crippen LogP contribution in [0.15, 0.2) is 0 Å². The molecule has 0 aromatic heterocycles. The third-order valence-corrected chi connectivity index (χ3v) is 5.46. The van der Waals surface area contributed by atoms with Crippen molar-refractivity contribution in [1.29, 1.82) is 0 Å². The molecule has 4 heteroatoms. The van der Waals surface area contributed by atoms with Crippen molar-refractivity contribution in [3.05, 3.63) is 0 Å². The van der Waals surface area contributed by atoms with E-state index in [-0.39, 0.29) is 5.92 Å². The van der Waals surface area contributed by atoms with E-state index in [1.54, 1.807) is 0 Å². The fourth-order valence-corrected chi connectivity index (χ4v) is 2.88. The van der Waals surface area contributed by atoms with E-state index in [4.69, 9.17) is 5.11 Å². The third-order valence-electron chi connectivity index (χ3n) is 2.55. The second-order valence-corrected chi connectivity index (χ2v) is 5.26. The van der Waals surface area contributed by atoms with Crippen molar-refractivity contribution in [2.75, 3.05) is 5.33 Å². The zero-order valence-corrected chi connectivity index (χ0v) is 9.90. The van der Waals surface area contributed by atoms with Crippen molar-refractivity contribution >= 4 is 37.8 Å². The molecule has 12 heavy (non-hydrogen) atoms. The van der Waals surface area contributed by atoms with Gasteiger partial charge in [0.15, 0.2) is 0 Å². The van der Waals surface area contributed by atoms with Crippen molar-refractivity contribution in [3.63, 3.8) is 0 Å². The average Bonchev–Trinajstić information content (AvgIpc) is 2.54. The fourth-order valence-electron chi connectivity index (χ4n) is 1.72. The Morgan fingerprint density at radius 3 is 2.33 bits per heavy atom. The summed E-state index contributed by atoms with van der Waals surface area (Å²) in [6.07, 6.45) is 4.39. The average molecular weight is 300 g/mol. The third kappa shape index (κ3) is 1.84. The van der Waals surface area contributed by atoms with Crippen LogP contribution in [0.1, 0.15) is 25.7 Å². The second kappa shape index (κ2) is 4.09. The Morgan fingerprint density at radius 2 is 2.00 bits per heavy atom. The van der Waals surface area contributed by atoms with Crippen LogP contribution in [0, 0.1) is 5.92 Å². The van der Waals surface area contributed by atoms with Gasteiger partial charge in [-0.15, -0.1) is 0 Å². The zero-order chi connectivity index (χ0) is 9.19. The number of halogens is 2.